The molecular formula is C12H9F3N2O2. The number of hydrogen-bond acceptors (Lipinski definition) is 3. The zero-order valence-electron chi connectivity index (χ0n) is 9.59. The first-order valence-electron chi connectivity index (χ1n) is 5.28. The maximum atomic E-state index is 12.3. The number of carbonyl (C=O) groups is 1. The number of halogens is 3. The lowest BCUT2D eigenvalue weighted by Crippen LogP contribution is -2.13. The Labute approximate surface area is 106 Å². The van der Waals surface area contributed by atoms with E-state index >= 15 is 0 Å². The van der Waals surface area contributed by atoms with Gasteiger partial charge in [-0.2, -0.15) is 17.9 Å². The smallest absolute Gasteiger partial charge is 0.407 e. The number of imidazole rings is 1. The van der Waals surface area contributed by atoms with Gasteiger partial charge in [0.15, 0.2) is 6.29 Å². The topological polar surface area (TPSA) is 44.1 Å². The lowest BCUT2D eigenvalue weighted by molar-refractivity contribution is -0.137. The quantitative estimate of drug-likeness (QED) is 0.801. The van der Waals surface area contributed by atoms with Gasteiger partial charge in [0.25, 0.3) is 0 Å². The van der Waals surface area contributed by atoms with Crippen LogP contribution in [0.4, 0.5) is 13.2 Å². The first kappa shape index (κ1) is 13.1. The number of rotatable bonds is 4. The lowest BCUT2D eigenvalue weighted by Gasteiger charge is -2.09. The minimum Gasteiger partial charge on any atom is -0.407 e. The van der Waals surface area contributed by atoms with Crippen LogP contribution >= 0.6 is 0 Å². The molecule has 0 aliphatic carbocycles. The predicted molar refractivity (Wildman–Crippen MR) is 59.3 cm³/mol. The van der Waals surface area contributed by atoms with Gasteiger partial charge < -0.3 is 4.84 Å². The molecule has 0 fully saturated rings. The van der Waals surface area contributed by atoms with Crippen molar-refractivity contribution in [2.45, 2.75) is 12.8 Å². The van der Waals surface area contributed by atoms with Crippen molar-refractivity contribution in [2.24, 2.45) is 0 Å². The first-order valence-corrected chi connectivity index (χ1v) is 5.28. The fraction of sp³-hybridized carbons (Fsp3) is 0.167. The summed E-state index contributed by atoms with van der Waals surface area (Å²) in [6, 6.07) is 4.60. The molecule has 0 unspecified atom stereocenters. The Hall–Kier alpha value is -2.31. The second kappa shape index (κ2) is 5.13. The predicted octanol–water partition coefficient (Wildman–Crippen LogP) is 2.34. The molecule has 0 aliphatic heterocycles. The monoisotopic (exact) mass is 270 g/mol. The summed E-state index contributed by atoms with van der Waals surface area (Å²) >= 11 is 0. The Balaban J connectivity index is 2.03. The van der Waals surface area contributed by atoms with E-state index in [0.29, 0.717) is 11.8 Å². The van der Waals surface area contributed by atoms with E-state index in [9.17, 15) is 18.0 Å². The van der Waals surface area contributed by atoms with Crippen LogP contribution in [0.3, 0.4) is 0 Å². The molecular weight excluding hydrogens is 261 g/mol. The van der Waals surface area contributed by atoms with Crippen molar-refractivity contribution < 1.29 is 22.8 Å². The summed E-state index contributed by atoms with van der Waals surface area (Å²) in [5, 5.41) is 0. The number of carbonyl (C=O) groups excluding carboxylic acids is 1. The molecule has 2 rings (SSSR count). The van der Waals surface area contributed by atoms with Gasteiger partial charge in [-0.15, -0.1) is 0 Å². The molecule has 0 bridgehead atoms. The average Bonchev–Trinajstić information content (AvgIpc) is 2.83. The van der Waals surface area contributed by atoms with Crippen LogP contribution in [0.15, 0.2) is 36.7 Å². The van der Waals surface area contributed by atoms with Crippen LogP contribution < -0.4 is 4.84 Å². The van der Waals surface area contributed by atoms with Gasteiger partial charge in [0.1, 0.15) is 6.61 Å². The van der Waals surface area contributed by atoms with Crippen molar-refractivity contribution in [2.75, 3.05) is 0 Å². The molecule has 4 nitrogen and oxygen atoms in total. The summed E-state index contributed by atoms with van der Waals surface area (Å²) in [4.78, 5) is 19.5. The van der Waals surface area contributed by atoms with Crippen LogP contribution in [0.1, 0.15) is 21.7 Å². The van der Waals surface area contributed by atoms with E-state index in [4.69, 9.17) is 4.84 Å². The van der Waals surface area contributed by atoms with Crippen LogP contribution in [0.2, 0.25) is 0 Å². The number of alkyl halides is 3. The molecule has 0 N–H and O–H groups in total. The van der Waals surface area contributed by atoms with Gasteiger partial charge in [-0.25, -0.2) is 4.98 Å². The molecule has 7 heteroatoms. The maximum Gasteiger partial charge on any atom is 0.416 e. The molecule has 1 aromatic carbocycles. The zero-order chi connectivity index (χ0) is 13.9. The van der Waals surface area contributed by atoms with Gasteiger partial charge in [-0.05, 0) is 17.7 Å². The van der Waals surface area contributed by atoms with Crippen LogP contribution in [0, 0.1) is 0 Å². The molecule has 0 saturated carbocycles. The highest BCUT2D eigenvalue weighted by Crippen LogP contribution is 2.29. The summed E-state index contributed by atoms with van der Waals surface area (Å²) in [6.07, 6.45) is -1.01. The fourth-order valence-electron chi connectivity index (χ4n) is 1.43. The van der Waals surface area contributed by atoms with E-state index in [-0.39, 0.29) is 12.4 Å². The fourth-order valence-corrected chi connectivity index (χ4v) is 1.43. The zero-order valence-corrected chi connectivity index (χ0v) is 9.59. The van der Waals surface area contributed by atoms with Crippen molar-refractivity contribution in [3.8, 4) is 0 Å². The third kappa shape index (κ3) is 3.12. The van der Waals surface area contributed by atoms with E-state index in [1.807, 2.05) is 0 Å². The van der Waals surface area contributed by atoms with Gasteiger partial charge in [-0.1, -0.05) is 12.1 Å². The van der Waals surface area contributed by atoms with Gasteiger partial charge in [0, 0.05) is 6.20 Å². The van der Waals surface area contributed by atoms with Crippen molar-refractivity contribution in [1.82, 2.24) is 9.71 Å². The van der Waals surface area contributed by atoms with E-state index < -0.39 is 11.7 Å². The number of nitrogens with zero attached hydrogens (tertiary/aromatic N) is 2. The second-order valence-corrected chi connectivity index (χ2v) is 3.70. The Morgan fingerprint density at radius 1 is 1.26 bits per heavy atom. The lowest BCUT2D eigenvalue weighted by atomic mass is 10.1. The summed E-state index contributed by atoms with van der Waals surface area (Å²) in [5.74, 6) is 0.0897. The summed E-state index contributed by atoms with van der Waals surface area (Å²) in [7, 11) is 0. The standard InChI is InChI=1S/C12H9F3N2O2/c13-12(14,15)10-3-1-9(2-4-10)8-19-17-6-5-16-11(17)7-18/h1-7H,8H2. The maximum absolute atomic E-state index is 12.3. The third-order valence-corrected chi connectivity index (χ3v) is 2.39. The van der Waals surface area contributed by atoms with Crippen molar-refractivity contribution in [1.29, 1.82) is 0 Å². The Kier molecular flexibility index (Phi) is 3.55. The van der Waals surface area contributed by atoms with Crippen molar-refractivity contribution >= 4 is 6.29 Å². The number of benzene rings is 1. The summed E-state index contributed by atoms with van der Waals surface area (Å²) in [6.45, 7) is 0.0370. The van der Waals surface area contributed by atoms with Crippen LogP contribution in [0.5, 0.6) is 0 Å². The normalized spacial score (nSPS) is 11.3. The molecule has 19 heavy (non-hydrogen) atoms. The van der Waals surface area contributed by atoms with Crippen LogP contribution in [-0.4, -0.2) is 16.0 Å². The van der Waals surface area contributed by atoms with E-state index in [0.717, 1.165) is 16.9 Å². The van der Waals surface area contributed by atoms with Crippen molar-refractivity contribution in [3.05, 3.63) is 53.6 Å². The second-order valence-electron chi connectivity index (χ2n) is 3.70. The van der Waals surface area contributed by atoms with E-state index in [2.05, 4.69) is 4.98 Å². The number of aldehydes is 1. The summed E-state index contributed by atoms with van der Waals surface area (Å²) in [5.41, 5.74) is -0.161. The van der Waals surface area contributed by atoms with E-state index in [1.54, 1.807) is 0 Å². The van der Waals surface area contributed by atoms with E-state index in [1.165, 1.54) is 24.5 Å². The highest BCUT2D eigenvalue weighted by molar-refractivity contribution is 5.68. The highest BCUT2D eigenvalue weighted by atomic mass is 19.4. The van der Waals surface area contributed by atoms with Crippen molar-refractivity contribution in [3.63, 3.8) is 0 Å². The van der Waals surface area contributed by atoms with Gasteiger partial charge in [0.2, 0.25) is 5.82 Å². The van der Waals surface area contributed by atoms with Crippen LogP contribution in [-0.2, 0) is 12.8 Å². The Morgan fingerprint density at radius 3 is 2.53 bits per heavy atom. The molecule has 0 atom stereocenters. The number of aromatic nitrogens is 2. The molecule has 0 spiro atoms. The molecule has 1 aromatic heterocycles. The average molecular weight is 270 g/mol. The Morgan fingerprint density at radius 2 is 1.95 bits per heavy atom. The third-order valence-electron chi connectivity index (χ3n) is 2.39. The van der Waals surface area contributed by atoms with Gasteiger partial charge >= 0.3 is 6.18 Å². The molecule has 0 amide bonds. The van der Waals surface area contributed by atoms with Gasteiger partial charge in [0.05, 0.1) is 11.8 Å². The summed E-state index contributed by atoms with van der Waals surface area (Å²) < 4.78 is 38.2. The molecule has 0 aliphatic rings. The van der Waals surface area contributed by atoms with Gasteiger partial charge in [-0.3, -0.25) is 4.79 Å². The molecule has 1 heterocycles. The largest absolute Gasteiger partial charge is 0.416 e. The minimum absolute atomic E-state index is 0.0370. The molecule has 0 saturated heterocycles. The number of hydrogen-bond donors (Lipinski definition) is 0. The Bertz CT molecular complexity index is 561. The minimum atomic E-state index is -4.35. The molecule has 100 valence electrons. The molecule has 0 radical (unpaired) electrons. The van der Waals surface area contributed by atoms with Crippen LogP contribution in [0.25, 0.3) is 0 Å². The first-order chi connectivity index (χ1) is 9.00. The highest BCUT2D eigenvalue weighted by Gasteiger charge is 2.29. The SMILES string of the molecule is O=Cc1nccn1OCc1ccc(C(F)(F)F)cc1. The molecule has 2 aromatic rings.